The van der Waals surface area contributed by atoms with Gasteiger partial charge in [0.15, 0.2) is 0 Å². The maximum atomic E-state index is 13.9. The monoisotopic (exact) mass is 322 g/mol. The Morgan fingerprint density at radius 3 is 2.33 bits per heavy atom. The van der Waals surface area contributed by atoms with Crippen LogP contribution in [0.4, 0.5) is 4.39 Å². The molecule has 2 rings (SSSR count). The normalized spacial score (nSPS) is 12.5. The minimum absolute atomic E-state index is 0.0244. The van der Waals surface area contributed by atoms with E-state index >= 15 is 0 Å². The number of hydrogen-bond acceptors (Lipinski definition) is 0. The fourth-order valence-electron chi connectivity index (χ4n) is 1.59. The Kier molecular flexibility index (Phi) is 4.39. The van der Waals surface area contributed by atoms with Crippen molar-refractivity contribution in [3.63, 3.8) is 0 Å². The second-order valence-electron chi connectivity index (χ2n) is 3.67. The summed E-state index contributed by atoms with van der Waals surface area (Å²) in [7, 11) is 0. The van der Waals surface area contributed by atoms with Gasteiger partial charge in [-0.1, -0.05) is 46.9 Å². The summed E-state index contributed by atoms with van der Waals surface area (Å²) in [5, 5.41) is 0.201. The van der Waals surface area contributed by atoms with E-state index in [1.165, 1.54) is 6.07 Å². The van der Waals surface area contributed by atoms with Crippen LogP contribution in [-0.4, -0.2) is 0 Å². The van der Waals surface area contributed by atoms with Gasteiger partial charge in [0.2, 0.25) is 0 Å². The molecule has 2 aromatic carbocycles. The van der Waals surface area contributed by atoms with Crippen molar-refractivity contribution in [3.8, 4) is 0 Å². The van der Waals surface area contributed by atoms with Crippen LogP contribution >= 0.6 is 46.4 Å². The Morgan fingerprint density at radius 2 is 1.61 bits per heavy atom. The van der Waals surface area contributed by atoms with E-state index in [1.807, 2.05) is 0 Å². The smallest absolute Gasteiger partial charge is 0.146 e. The van der Waals surface area contributed by atoms with Crippen LogP contribution in [-0.2, 0) is 0 Å². The maximum absolute atomic E-state index is 13.9. The number of rotatable bonds is 2. The molecule has 0 saturated carbocycles. The molecule has 94 valence electrons. The van der Waals surface area contributed by atoms with Gasteiger partial charge in [-0.3, -0.25) is 0 Å². The second kappa shape index (κ2) is 5.66. The molecule has 5 heteroatoms. The lowest BCUT2D eigenvalue weighted by Gasteiger charge is -2.14. The molecule has 0 aliphatic rings. The zero-order valence-electron chi connectivity index (χ0n) is 8.93. The topological polar surface area (TPSA) is 0 Å². The van der Waals surface area contributed by atoms with Gasteiger partial charge >= 0.3 is 0 Å². The molecule has 0 heterocycles. The first kappa shape index (κ1) is 14.0. The molecule has 1 unspecified atom stereocenters. The number of hydrogen-bond donors (Lipinski definition) is 0. The van der Waals surface area contributed by atoms with Crippen molar-refractivity contribution in [3.05, 3.63) is 68.4 Å². The average molecular weight is 324 g/mol. The third-order valence-electron chi connectivity index (χ3n) is 2.49. The summed E-state index contributed by atoms with van der Waals surface area (Å²) >= 11 is 23.9. The highest BCUT2D eigenvalue weighted by atomic mass is 35.5. The van der Waals surface area contributed by atoms with Gasteiger partial charge in [0, 0.05) is 15.6 Å². The van der Waals surface area contributed by atoms with Crippen molar-refractivity contribution < 1.29 is 4.39 Å². The first-order valence-corrected chi connectivity index (χ1v) is 6.60. The fourth-order valence-corrected chi connectivity index (χ4v) is 2.59. The van der Waals surface area contributed by atoms with Crippen LogP contribution in [0.25, 0.3) is 0 Å². The molecule has 2 aromatic rings. The van der Waals surface area contributed by atoms with Crippen molar-refractivity contribution in [2.75, 3.05) is 0 Å². The number of alkyl halides is 1. The molecule has 0 aromatic heterocycles. The molecule has 0 nitrogen and oxygen atoms in total. The summed E-state index contributed by atoms with van der Waals surface area (Å²) < 4.78 is 13.9. The van der Waals surface area contributed by atoms with E-state index in [2.05, 4.69) is 0 Å². The van der Waals surface area contributed by atoms with Crippen LogP contribution in [0.2, 0.25) is 15.1 Å². The first-order valence-electron chi connectivity index (χ1n) is 5.03. The molecule has 0 amide bonds. The van der Waals surface area contributed by atoms with Crippen LogP contribution in [0, 0.1) is 5.82 Å². The van der Waals surface area contributed by atoms with Gasteiger partial charge in [-0.05, 0) is 29.8 Å². The molecular weight excluding hydrogens is 317 g/mol. The van der Waals surface area contributed by atoms with E-state index < -0.39 is 11.2 Å². The minimum atomic E-state index is -0.741. The molecule has 1 atom stereocenters. The van der Waals surface area contributed by atoms with Crippen molar-refractivity contribution >= 4 is 46.4 Å². The summed E-state index contributed by atoms with van der Waals surface area (Å²) in [5.74, 6) is -0.546. The standard InChI is InChI=1S/C13H7Cl4F/c14-7-4-5-10(15)9(6-7)12(17)8-2-1-3-11(16)13(8)18/h1-6,12H. The van der Waals surface area contributed by atoms with Crippen LogP contribution < -0.4 is 0 Å². The summed E-state index contributed by atoms with van der Waals surface area (Å²) in [6.07, 6.45) is 0. The third-order valence-corrected chi connectivity index (χ3v) is 3.83. The second-order valence-corrected chi connectivity index (χ2v) is 5.36. The van der Waals surface area contributed by atoms with Crippen molar-refractivity contribution in [1.82, 2.24) is 0 Å². The summed E-state index contributed by atoms with van der Waals surface area (Å²) in [6, 6.07) is 9.54. The zero-order valence-corrected chi connectivity index (χ0v) is 12.0. The van der Waals surface area contributed by atoms with Gasteiger partial charge < -0.3 is 0 Å². The predicted octanol–water partition coefficient (Wildman–Crippen LogP) is 6.11. The van der Waals surface area contributed by atoms with Crippen molar-refractivity contribution in [2.45, 2.75) is 5.38 Å². The molecule has 0 aliphatic carbocycles. The van der Waals surface area contributed by atoms with Gasteiger partial charge in [-0.25, -0.2) is 4.39 Å². The minimum Gasteiger partial charge on any atom is -0.205 e. The molecule has 0 N–H and O–H groups in total. The number of benzene rings is 2. The molecule has 0 bridgehead atoms. The van der Waals surface area contributed by atoms with Crippen LogP contribution in [0.15, 0.2) is 36.4 Å². The van der Waals surface area contributed by atoms with E-state index in [9.17, 15) is 4.39 Å². The summed E-state index contributed by atoms with van der Waals surface area (Å²) in [4.78, 5) is 0. The summed E-state index contributed by atoms with van der Waals surface area (Å²) in [6.45, 7) is 0. The lowest BCUT2D eigenvalue weighted by molar-refractivity contribution is 0.613. The molecule has 0 fully saturated rings. The predicted molar refractivity (Wildman–Crippen MR) is 75.6 cm³/mol. The molecular formula is C13H7Cl4F. The Labute approximate surface area is 124 Å². The van der Waals surface area contributed by atoms with Crippen molar-refractivity contribution in [1.29, 1.82) is 0 Å². The van der Waals surface area contributed by atoms with E-state index in [0.29, 0.717) is 15.6 Å². The average Bonchev–Trinajstić information content (AvgIpc) is 2.35. The highest BCUT2D eigenvalue weighted by Gasteiger charge is 2.19. The lowest BCUT2D eigenvalue weighted by Crippen LogP contribution is -1.98. The highest BCUT2D eigenvalue weighted by molar-refractivity contribution is 6.35. The largest absolute Gasteiger partial charge is 0.205 e. The van der Waals surface area contributed by atoms with Crippen LogP contribution in [0.3, 0.4) is 0 Å². The Morgan fingerprint density at radius 1 is 0.889 bits per heavy atom. The van der Waals surface area contributed by atoms with Gasteiger partial charge in [0.25, 0.3) is 0 Å². The van der Waals surface area contributed by atoms with Gasteiger partial charge in [-0.15, -0.1) is 11.6 Å². The van der Waals surface area contributed by atoms with Gasteiger partial charge in [0.1, 0.15) is 5.82 Å². The number of halogens is 5. The third kappa shape index (κ3) is 2.75. The van der Waals surface area contributed by atoms with E-state index in [4.69, 9.17) is 46.4 Å². The molecule has 18 heavy (non-hydrogen) atoms. The van der Waals surface area contributed by atoms with E-state index in [0.717, 1.165) is 0 Å². The summed E-state index contributed by atoms with van der Waals surface area (Å²) in [5.41, 5.74) is 0.820. The Balaban J connectivity index is 2.51. The molecule has 0 radical (unpaired) electrons. The highest BCUT2D eigenvalue weighted by Crippen LogP contribution is 2.37. The fraction of sp³-hybridized carbons (Fsp3) is 0.0769. The zero-order chi connectivity index (χ0) is 13.3. The SMILES string of the molecule is Fc1c(Cl)cccc1C(Cl)c1cc(Cl)ccc1Cl. The molecule has 0 saturated heterocycles. The Hall–Kier alpha value is -0.470. The first-order chi connectivity index (χ1) is 8.50. The molecule has 0 aliphatic heterocycles. The lowest BCUT2D eigenvalue weighted by atomic mass is 10.0. The van der Waals surface area contributed by atoms with Crippen LogP contribution in [0.1, 0.15) is 16.5 Å². The quantitative estimate of drug-likeness (QED) is 0.584. The van der Waals surface area contributed by atoms with Crippen molar-refractivity contribution in [2.24, 2.45) is 0 Å². The van der Waals surface area contributed by atoms with E-state index in [1.54, 1.807) is 30.3 Å². The maximum Gasteiger partial charge on any atom is 0.146 e. The van der Waals surface area contributed by atoms with E-state index in [-0.39, 0.29) is 10.6 Å². The molecule has 0 spiro atoms. The van der Waals surface area contributed by atoms with Gasteiger partial charge in [0.05, 0.1) is 10.4 Å². The Bertz CT molecular complexity index is 581. The van der Waals surface area contributed by atoms with Crippen LogP contribution in [0.5, 0.6) is 0 Å². The van der Waals surface area contributed by atoms with Gasteiger partial charge in [-0.2, -0.15) is 0 Å².